The summed E-state index contributed by atoms with van der Waals surface area (Å²) in [6.45, 7) is 2.07. The van der Waals surface area contributed by atoms with Gasteiger partial charge in [-0.2, -0.15) is 0 Å². The quantitative estimate of drug-likeness (QED) is 0.747. The minimum Gasteiger partial charge on any atom is -0.381 e. The molecule has 0 bridgehead atoms. The third-order valence-corrected chi connectivity index (χ3v) is 4.51. The third kappa shape index (κ3) is 2.41. The summed E-state index contributed by atoms with van der Waals surface area (Å²) in [7, 11) is 0. The van der Waals surface area contributed by atoms with Crippen LogP contribution in [0, 0.1) is 5.41 Å². The van der Waals surface area contributed by atoms with Crippen molar-refractivity contribution in [2.45, 2.75) is 38.5 Å². The number of fused-ring (bicyclic) bond motifs is 1. The lowest BCUT2D eigenvalue weighted by Gasteiger charge is -2.31. The largest absolute Gasteiger partial charge is 0.381 e. The highest BCUT2D eigenvalue weighted by molar-refractivity contribution is 6.30. The lowest BCUT2D eigenvalue weighted by atomic mass is 9.80. The molecule has 0 amide bonds. The van der Waals surface area contributed by atoms with Crippen molar-refractivity contribution in [1.82, 2.24) is 4.98 Å². The standard InChI is InChI=1S/C14H20ClN3/c15-11-7-12-13(16-8-11)18-10-14(9-17-12)5-3-1-2-4-6-14/h7-8,17H,1-6,9-10H2,(H,16,18). The Kier molecular flexibility index (Phi) is 3.33. The Bertz CT molecular complexity index is 425. The van der Waals surface area contributed by atoms with Crippen molar-refractivity contribution in [1.29, 1.82) is 0 Å². The van der Waals surface area contributed by atoms with Crippen molar-refractivity contribution in [3.05, 3.63) is 17.3 Å². The van der Waals surface area contributed by atoms with E-state index in [4.69, 9.17) is 11.6 Å². The fourth-order valence-corrected chi connectivity index (χ4v) is 3.32. The molecule has 3 rings (SSSR count). The predicted molar refractivity (Wildman–Crippen MR) is 76.4 cm³/mol. The summed E-state index contributed by atoms with van der Waals surface area (Å²) in [6, 6.07) is 1.96. The normalized spacial score (nSPS) is 22.3. The maximum Gasteiger partial charge on any atom is 0.149 e. The van der Waals surface area contributed by atoms with Crippen LogP contribution in [0.2, 0.25) is 5.02 Å². The lowest BCUT2D eigenvalue weighted by molar-refractivity contribution is 0.286. The topological polar surface area (TPSA) is 37.0 Å². The minimum atomic E-state index is 0.393. The molecule has 1 saturated carbocycles. The molecule has 0 aromatic carbocycles. The van der Waals surface area contributed by atoms with Gasteiger partial charge in [-0.3, -0.25) is 0 Å². The monoisotopic (exact) mass is 265 g/mol. The first kappa shape index (κ1) is 12.1. The Balaban J connectivity index is 1.81. The molecule has 1 aliphatic carbocycles. The zero-order valence-electron chi connectivity index (χ0n) is 10.6. The van der Waals surface area contributed by atoms with Gasteiger partial charge >= 0.3 is 0 Å². The van der Waals surface area contributed by atoms with Gasteiger partial charge in [0.1, 0.15) is 5.82 Å². The average molecular weight is 266 g/mol. The van der Waals surface area contributed by atoms with E-state index in [2.05, 4.69) is 15.6 Å². The van der Waals surface area contributed by atoms with E-state index >= 15 is 0 Å². The molecule has 1 aliphatic heterocycles. The van der Waals surface area contributed by atoms with Gasteiger partial charge < -0.3 is 10.6 Å². The van der Waals surface area contributed by atoms with Gasteiger partial charge in [-0.05, 0) is 18.9 Å². The van der Waals surface area contributed by atoms with E-state index in [9.17, 15) is 0 Å². The molecule has 2 N–H and O–H groups in total. The Morgan fingerprint density at radius 2 is 1.78 bits per heavy atom. The molecule has 0 atom stereocenters. The van der Waals surface area contributed by atoms with Crippen LogP contribution < -0.4 is 10.6 Å². The number of nitrogens with zero attached hydrogens (tertiary/aromatic N) is 1. The molecular weight excluding hydrogens is 246 g/mol. The van der Waals surface area contributed by atoms with E-state index in [-0.39, 0.29) is 0 Å². The van der Waals surface area contributed by atoms with Gasteiger partial charge in [0.15, 0.2) is 0 Å². The van der Waals surface area contributed by atoms with Crippen molar-refractivity contribution >= 4 is 23.1 Å². The highest BCUT2D eigenvalue weighted by atomic mass is 35.5. The van der Waals surface area contributed by atoms with Crippen molar-refractivity contribution in [3.63, 3.8) is 0 Å². The van der Waals surface area contributed by atoms with Gasteiger partial charge in [0.2, 0.25) is 0 Å². The molecule has 98 valence electrons. The van der Waals surface area contributed by atoms with Crippen LogP contribution >= 0.6 is 11.6 Å². The zero-order chi connectivity index (χ0) is 12.4. The van der Waals surface area contributed by atoms with Crippen molar-refractivity contribution < 1.29 is 0 Å². The average Bonchev–Trinajstić information content (AvgIpc) is 2.70. The second-order valence-corrected chi connectivity index (χ2v) is 6.11. The van der Waals surface area contributed by atoms with Crippen LogP contribution in [-0.4, -0.2) is 18.1 Å². The minimum absolute atomic E-state index is 0.393. The van der Waals surface area contributed by atoms with E-state index < -0.39 is 0 Å². The smallest absolute Gasteiger partial charge is 0.149 e. The number of aromatic nitrogens is 1. The van der Waals surface area contributed by atoms with Gasteiger partial charge in [-0.1, -0.05) is 37.3 Å². The fraction of sp³-hybridized carbons (Fsp3) is 0.643. The maximum absolute atomic E-state index is 6.00. The van der Waals surface area contributed by atoms with E-state index in [1.54, 1.807) is 6.20 Å². The molecular formula is C14H20ClN3. The summed E-state index contributed by atoms with van der Waals surface area (Å²) in [5.41, 5.74) is 1.44. The summed E-state index contributed by atoms with van der Waals surface area (Å²) in [5.74, 6) is 0.945. The van der Waals surface area contributed by atoms with Crippen molar-refractivity contribution in [3.8, 4) is 0 Å². The van der Waals surface area contributed by atoms with Crippen LogP contribution in [0.1, 0.15) is 38.5 Å². The highest BCUT2D eigenvalue weighted by Crippen LogP contribution is 2.38. The van der Waals surface area contributed by atoms with E-state index in [1.165, 1.54) is 38.5 Å². The molecule has 18 heavy (non-hydrogen) atoms. The van der Waals surface area contributed by atoms with E-state index in [1.807, 2.05) is 6.07 Å². The highest BCUT2D eigenvalue weighted by Gasteiger charge is 2.33. The number of nitrogens with one attached hydrogen (secondary N) is 2. The van der Waals surface area contributed by atoms with Gasteiger partial charge in [-0.15, -0.1) is 0 Å². The molecule has 0 radical (unpaired) electrons. The maximum atomic E-state index is 6.00. The predicted octanol–water partition coefficient (Wildman–Crippen LogP) is 3.91. The molecule has 1 aromatic heterocycles. The Hall–Kier alpha value is -0.960. The lowest BCUT2D eigenvalue weighted by Crippen LogP contribution is -2.34. The first-order chi connectivity index (χ1) is 8.77. The number of pyridine rings is 1. The second kappa shape index (κ2) is 4.96. The van der Waals surface area contributed by atoms with Crippen LogP contribution in [0.5, 0.6) is 0 Å². The molecule has 3 nitrogen and oxygen atoms in total. The van der Waals surface area contributed by atoms with E-state index in [0.29, 0.717) is 10.4 Å². The Labute approximate surface area is 113 Å². The summed E-state index contributed by atoms with van der Waals surface area (Å²) in [5, 5.41) is 7.75. The third-order valence-electron chi connectivity index (χ3n) is 4.30. The van der Waals surface area contributed by atoms with Crippen molar-refractivity contribution in [2.24, 2.45) is 5.41 Å². The molecule has 0 unspecified atom stereocenters. The SMILES string of the molecule is Clc1cnc2c(c1)NCC1(CCCCCC1)CN2. The molecule has 0 saturated heterocycles. The number of hydrogen-bond acceptors (Lipinski definition) is 3. The van der Waals surface area contributed by atoms with Gasteiger partial charge in [-0.25, -0.2) is 4.98 Å². The van der Waals surface area contributed by atoms with Gasteiger partial charge in [0.05, 0.1) is 10.7 Å². The fourth-order valence-electron chi connectivity index (χ4n) is 3.16. The first-order valence-corrected chi connectivity index (χ1v) is 7.29. The summed E-state index contributed by atoms with van der Waals surface area (Å²) >= 11 is 6.00. The molecule has 2 aliphatic rings. The van der Waals surface area contributed by atoms with Crippen LogP contribution in [0.4, 0.5) is 11.5 Å². The summed E-state index contributed by atoms with van der Waals surface area (Å²) in [4.78, 5) is 4.37. The van der Waals surface area contributed by atoms with Crippen LogP contribution in [0.25, 0.3) is 0 Å². The number of rotatable bonds is 0. The molecule has 4 heteroatoms. The second-order valence-electron chi connectivity index (χ2n) is 5.67. The van der Waals surface area contributed by atoms with Crippen molar-refractivity contribution in [2.75, 3.05) is 23.7 Å². The van der Waals surface area contributed by atoms with Crippen LogP contribution in [0.15, 0.2) is 12.3 Å². The number of halogens is 1. The first-order valence-electron chi connectivity index (χ1n) is 6.91. The summed E-state index contributed by atoms with van der Waals surface area (Å²) < 4.78 is 0. The number of anilines is 2. The molecule has 1 spiro atoms. The van der Waals surface area contributed by atoms with E-state index in [0.717, 1.165) is 24.6 Å². The Morgan fingerprint density at radius 3 is 2.56 bits per heavy atom. The number of hydrogen-bond donors (Lipinski definition) is 2. The van der Waals surface area contributed by atoms with Gasteiger partial charge in [0, 0.05) is 24.7 Å². The Morgan fingerprint density at radius 1 is 1.06 bits per heavy atom. The molecule has 1 aromatic rings. The summed E-state index contributed by atoms with van der Waals surface area (Å²) in [6.07, 6.45) is 9.82. The van der Waals surface area contributed by atoms with Gasteiger partial charge in [0.25, 0.3) is 0 Å². The molecule has 2 heterocycles. The van der Waals surface area contributed by atoms with Crippen LogP contribution in [-0.2, 0) is 0 Å². The molecule has 1 fully saturated rings. The van der Waals surface area contributed by atoms with Crippen LogP contribution in [0.3, 0.4) is 0 Å². The zero-order valence-corrected chi connectivity index (χ0v) is 11.4.